The Morgan fingerprint density at radius 3 is 2.71 bits per heavy atom. The number of aliphatic hydroxyl groups excluding tert-OH is 1. The van der Waals surface area contributed by atoms with Crippen LogP contribution in [-0.4, -0.2) is 48.1 Å². The molecule has 0 bridgehead atoms. The summed E-state index contributed by atoms with van der Waals surface area (Å²) in [5.74, 6) is -0.0470. The minimum absolute atomic E-state index is 0.0528. The third kappa shape index (κ3) is 4.35. The third-order valence-corrected chi connectivity index (χ3v) is 4.82. The van der Waals surface area contributed by atoms with Crippen molar-refractivity contribution in [3.63, 3.8) is 0 Å². The second-order valence-corrected chi connectivity index (χ2v) is 6.91. The molecule has 1 N–H and O–H groups in total. The van der Waals surface area contributed by atoms with Crippen molar-refractivity contribution in [2.24, 2.45) is 5.92 Å². The topological polar surface area (TPSA) is 60.9 Å². The van der Waals surface area contributed by atoms with Crippen molar-refractivity contribution < 1.29 is 14.7 Å². The Balaban J connectivity index is 2.08. The van der Waals surface area contributed by atoms with E-state index in [0.29, 0.717) is 32.4 Å². The summed E-state index contributed by atoms with van der Waals surface area (Å²) in [7, 11) is 1.77. The van der Waals surface area contributed by atoms with E-state index in [9.17, 15) is 14.7 Å². The van der Waals surface area contributed by atoms with E-state index < -0.39 is 6.10 Å². The Bertz CT molecular complexity index is 613. The molecule has 132 valence electrons. The fourth-order valence-corrected chi connectivity index (χ4v) is 2.99. The third-order valence-electron chi connectivity index (χ3n) is 4.82. The number of hydrogen-bond donors (Lipinski definition) is 1. The maximum Gasteiger partial charge on any atom is 0.227 e. The minimum atomic E-state index is -0.416. The van der Waals surface area contributed by atoms with Crippen molar-refractivity contribution in [2.75, 3.05) is 25.0 Å². The van der Waals surface area contributed by atoms with Gasteiger partial charge in [0.1, 0.15) is 0 Å². The summed E-state index contributed by atoms with van der Waals surface area (Å²) in [5.41, 5.74) is 3.20. The van der Waals surface area contributed by atoms with Gasteiger partial charge in [0.25, 0.3) is 0 Å². The number of piperidine rings is 1. The van der Waals surface area contributed by atoms with Gasteiger partial charge in [0.2, 0.25) is 11.8 Å². The summed E-state index contributed by atoms with van der Waals surface area (Å²) >= 11 is 0. The van der Waals surface area contributed by atoms with E-state index in [0.717, 1.165) is 11.3 Å². The molecule has 5 heteroatoms. The molecule has 1 aromatic rings. The number of rotatable bonds is 5. The zero-order valence-corrected chi connectivity index (χ0v) is 15.1. The summed E-state index contributed by atoms with van der Waals surface area (Å²) in [5, 5.41) is 9.38. The van der Waals surface area contributed by atoms with Crippen molar-refractivity contribution in [3.05, 3.63) is 29.3 Å². The maximum atomic E-state index is 12.6. The van der Waals surface area contributed by atoms with Crippen LogP contribution in [0.3, 0.4) is 0 Å². The number of anilines is 1. The highest BCUT2D eigenvalue weighted by molar-refractivity contribution is 5.96. The molecule has 1 aliphatic heterocycles. The van der Waals surface area contributed by atoms with E-state index in [1.165, 1.54) is 5.56 Å². The van der Waals surface area contributed by atoms with Gasteiger partial charge in [0, 0.05) is 32.2 Å². The van der Waals surface area contributed by atoms with Gasteiger partial charge in [-0.2, -0.15) is 0 Å². The number of aryl methyl sites for hydroxylation is 2. The average molecular weight is 332 g/mol. The number of carbonyl (C=O) groups is 2. The zero-order chi connectivity index (χ0) is 17.9. The van der Waals surface area contributed by atoms with Gasteiger partial charge in [-0.1, -0.05) is 6.07 Å². The van der Waals surface area contributed by atoms with Crippen LogP contribution >= 0.6 is 0 Å². The van der Waals surface area contributed by atoms with Crippen LogP contribution in [0.2, 0.25) is 0 Å². The van der Waals surface area contributed by atoms with Gasteiger partial charge in [0.05, 0.1) is 12.0 Å². The maximum absolute atomic E-state index is 12.6. The SMILES string of the molecule is Cc1ccc(N2CC(C(=O)N(C)CCC(C)O)CCC2=O)cc1C. The molecule has 0 aromatic heterocycles. The Morgan fingerprint density at radius 1 is 1.38 bits per heavy atom. The number of nitrogens with zero attached hydrogens (tertiary/aromatic N) is 2. The molecule has 1 aliphatic rings. The summed E-state index contributed by atoms with van der Waals surface area (Å²) < 4.78 is 0. The van der Waals surface area contributed by atoms with Crippen molar-refractivity contribution in [1.82, 2.24) is 4.90 Å². The van der Waals surface area contributed by atoms with Crippen LogP contribution < -0.4 is 4.90 Å². The second kappa shape index (κ2) is 7.79. The van der Waals surface area contributed by atoms with Crippen LogP contribution in [0.1, 0.15) is 37.3 Å². The molecule has 24 heavy (non-hydrogen) atoms. The van der Waals surface area contributed by atoms with Crippen molar-refractivity contribution in [3.8, 4) is 0 Å². The first-order valence-corrected chi connectivity index (χ1v) is 8.60. The quantitative estimate of drug-likeness (QED) is 0.900. The van der Waals surface area contributed by atoms with Gasteiger partial charge in [-0.3, -0.25) is 9.59 Å². The molecule has 0 spiro atoms. The van der Waals surface area contributed by atoms with Gasteiger partial charge in [-0.15, -0.1) is 0 Å². The average Bonchev–Trinajstić information content (AvgIpc) is 2.55. The van der Waals surface area contributed by atoms with Crippen molar-refractivity contribution >= 4 is 17.5 Å². The van der Waals surface area contributed by atoms with Gasteiger partial charge >= 0.3 is 0 Å². The summed E-state index contributed by atoms with van der Waals surface area (Å²) in [6.07, 6.45) is 1.14. The van der Waals surface area contributed by atoms with Gasteiger partial charge in [0.15, 0.2) is 0 Å². The number of amides is 2. The summed E-state index contributed by atoms with van der Waals surface area (Å²) in [4.78, 5) is 28.3. The number of benzene rings is 1. The fourth-order valence-electron chi connectivity index (χ4n) is 2.99. The normalized spacial score (nSPS) is 19.3. The molecule has 0 saturated carbocycles. The number of carbonyl (C=O) groups excluding carboxylic acids is 2. The van der Waals surface area contributed by atoms with Crippen molar-refractivity contribution in [1.29, 1.82) is 0 Å². The molecule has 2 unspecified atom stereocenters. The highest BCUT2D eigenvalue weighted by atomic mass is 16.3. The predicted molar refractivity (Wildman–Crippen MR) is 94.9 cm³/mol. The summed E-state index contributed by atoms with van der Waals surface area (Å²) in [6, 6.07) is 5.97. The van der Waals surface area contributed by atoms with Gasteiger partial charge < -0.3 is 14.9 Å². The van der Waals surface area contributed by atoms with Gasteiger partial charge in [-0.25, -0.2) is 0 Å². The highest BCUT2D eigenvalue weighted by Crippen LogP contribution is 2.27. The van der Waals surface area contributed by atoms with E-state index in [-0.39, 0.29) is 17.7 Å². The van der Waals surface area contributed by atoms with Crippen LogP contribution in [0.15, 0.2) is 18.2 Å². The summed E-state index contributed by atoms with van der Waals surface area (Å²) in [6.45, 7) is 6.75. The Labute approximate surface area is 144 Å². The van der Waals surface area contributed by atoms with E-state index in [4.69, 9.17) is 0 Å². The Morgan fingerprint density at radius 2 is 2.08 bits per heavy atom. The Kier molecular flexibility index (Phi) is 5.99. The largest absolute Gasteiger partial charge is 0.393 e. The molecular formula is C19H28N2O3. The van der Waals surface area contributed by atoms with Crippen LogP contribution in [0.5, 0.6) is 0 Å². The molecular weight excluding hydrogens is 304 g/mol. The molecule has 2 atom stereocenters. The standard InChI is InChI=1S/C19H28N2O3/c1-13-5-7-17(11-14(13)2)21-12-16(6-8-18(21)23)19(24)20(4)10-9-15(3)22/h5,7,11,15-16,22H,6,8-10,12H2,1-4H3. The van der Waals surface area contributed by atoms with E-state index >= 15 is 0 Å². The first kappa shape index (κ1) is 18.5. The van der Waals surface area contributed by atoms with E-state index in [1.807, 2.05) is 32.0 Å². The molecule has 0 aliphatic carbocycles. The molecule has 1 saturated heterocycles. The number of aliphatic hydroxyl groups is 1. The lowest BCUT2D eigenvalue weighted by Crippen LogP contribution is -2.46. The minimum Gasteiger partial charge on any atom is -0.393 e. The lowest BCUT2D eigenvalue weighted by Gasteiger charge is -2.34. The fraction of sp³-hybridized carbons (Fsp3) is 0.579. The lowest BCUT2D eigenvalue weighted by molar-refractivity contribution is -0.135. The van der Waals surface area contributed by atoms with Crippen LogP contribution in [0.4, 0.5) is 5.69 Å². The molecule has 0 radical (unpaired) electrons. The molecule has 1 fully saturated rings. The smallest absolute Gasteiger partial charge is 0.227 e. The van der Waals surface area contributed by atoms with Crippen LogP contribution in [-0.2, 0) is 9.59 Å². The zero-order valence-electron chi connectivity index (χ0n) is 15.1. The van der Waals surface area contributed by atoms with E-state index in [2.05, 4.69) is 0 Å². The van der Waals surface area contributed by atoms with E-state index in [1.54, 1.807) is 23.8 Å². The number of hydrogen-bond acceptors (Lipinski definition) is 3. The van der Waals surface area contributed by atoms with Crippen LogP contribution in [0.25, 0.3) is 0 Å². The first-order chi connectivity index (χ1) is 11.3. The first-order valence-electron chi connectivity index (χ1n) is 8.60. The lowest BCUT2D eigenvalue weighted by atomic mass is 9.95. The highest BCUT2D eigenvalue weighted by Gasteiger charge is 2.32. The molecule has 2 amide bonds. The van der Waals surface area contributed by atoms with Crippen LogP contribution in [0, 0.1) is 19.8 Å². The predicted octanol–water partition coefficient (Wildman–Crippen LogP) is 2.28. The molecule has 1 aromatic carbocycles. The molecule has 5 nitrogen and oxygen atoms in total. The Hall–Kier alpha value is -1.88. The van der Waals surface area contributed by atoms with Gasteiger partial charge in [-0.05, 0) is 56.9 Å². The van der Waals surface area contributed by atoms with Crippen molar-refractivity contribution in [2.45, 2.75) is 46.1 Å². The second-order valence-electron chi connectivity index (χ2n) is 6.91. The molecule has 2 rings (SSSR count). The molecule has 1 heterocycles. The monoisotopic (exact) mass is 332 g/mol.